The summed E-state index contributed by atoms with van der Waals surface area (Å²) in [6.45, 7) is 6.86. The lowest BCUT2D eigenvalue weighted by Gasteiger charge is -2.15. The molecule has 24 heavy (non-hydrogen) atoms. The fourth-order valence-corrected chi connectivity index (χ4v) is 1.79. The summed E-state index contributed by atoms with van der Waals surface area (Å²) >= 11 is 5.59. The van der Waals surface area contributed by atoms with E-state index in [9.17, 15) is 18.0 Å². The van der Waals surface area contributed by atoms with E-state index in [4.69, 9.17) is 21.7 Å². The Labute approximate surface area is 142 Å². The van der Waals surface area contributed by atoms with Crippen molar-refractivity contribution in [3.05, 3.63) is 53.2 Å². The molecule has 1 aromatic rings. The molecule has 0 bridgehead atoms. The van der Waals surface area contributed by atoms with Crippen molar-refractivity contribution in [1.29, 1.82) is 5.41 Å². The SMILES string of the molecule is C=C(NC(C(=O)OCC)=C(C)C(=N)Cl)c1ccc(C(F)(F)F)cc1. The van der Waals surface area contributed by atoms with Gasteiger partial charge in [-0.3, -0.25) is 5.41 Å². The molecule has 0 unspecified atom stereocenters. The van der Waals surface area contributed by atoms with Gasteiger partial charge in [0, 0.05) is 11.3 Å². The molecule has 0 fully saturated rings. The van der Waals surface area contributed by atoms with Gasteiger partial charge >= 0.3 is 12.1 Å². The molecule has 0 saturated carbocycles. The molecule has 1 aromatic carbocycles. The van der Waals surface area contributed by atoms with E-state index in [1.54, 1.807) is 6.92 Å². The number of benzene rings is 1. The van der Waals surface area contributed by atoms with E-state index in [2.05, 4.69) is 11.9 Å². The molecule has 1 rings (SSSR count). The maximum atomic E-state index is 12.6. The van der Waals surface area contributed by atoms with Crippen LogP contribution in [0.2, 0.25) is 0 Å². The second-order valence-electron chi connectivity index (χ2n) is 4.71. The molecule has 0 heterocycles. The first-order chi connectivity index (χ1) is 11.1. The van der Waals surface area contributed by atoms with Gasteiger partial charge in [-0.15, -0.1) is 0 Å². The molecule has 0 aliphatic rings. The predicted molar refractivity (Wildman–Crippen MR) is 86.5 cm³/mol. The number of hydrogen-bond donors (Lipinski definition) is 2. The van der Waals surface area contributed by atoms with Gasteiger partial charge in [0.25, 0.3) is 0 Å². The Bertz CT molecular complexity index is 680. The Kier molecular flexibility index (Phi) is 6.60. The Balaban J connectivity index is 3.07. The predicted octanol–water partition coefficient (Wildman–Crippen LogP) is 4.32. The van der Waals surface area contributed by atoms with Crippen LogP contribution in [0.25, 0.3) is 5.70 Å². The van der Waals surface area contributed by atoms with E-state index in [0.29, 0.717) is 5.56 Å². The summed E-state index contributed by atoms with van der Waals surface area (Å²) in [6.07, 6.45) is -4.44. The fraction of sp³-hybridized carbons (Fsp3) is 0.250. The average molecular weight is 361 g/mol. The zero-order chi connectivity index (χ0) is 18.5. The maximum absolute atomic E-state index is 12.6. The molecule has 0 spiro atoms. The van der Waals surface area contributed by atoms with Crippen LogP contribution < -0.4 is 5.32 Å². The summed E-state index contributed by atoms with van der Waals surface area (Å²) in [5.41, 5.74) is -0.244. The van der Waals surface area contributed by atoms with Crippen LogP contribution in [0, 0.1) is 5.41 Å². The van der Waals surface area contributed by atoms with E-state index < -0.39 is 17.7 Å². The monoisotopic (exact) mass is 360 g/mol. The first kappa shape index (κ1) is 19.8. The second-order valence-corrected chi connectivity index (χ2v) is 5.09. The number of allylic oxidation sites excluding steroid dienone is 1. The first-order valence-corrected chi connectivity index (χ1v) is 7.21. The zero-order valence-corrected chi connectivity index (χ0v) is 13.8. The van der Waals surface area contributed by atoms with Crippen molar-refractivity contribution in [3.8, 4) is 0 Å². The second kappa shape index (κ2) is 8.01. The Morgan fingerprint density at radius 3 is 2.29 bits per heavy atom. The maximum Gasteiger partial charge on any atom is 0.416 e. The van der Waals surface area contributed by atoms with Crippen molar-refractivity contribution >= 4 is 28.4 Å². The fourth-order valence-electron chi connectivity index (χ4n) is 1.69. The molecule has 130 valence electrons. The number of hydrogen-bond acceptors (Lipinski definition) is 4. The lowest BCUT2D eigenvalue weighted by Crippen LogP contribution is -2.24. The van der Waals surface area contributed by atoms with E-state index in [0.717, 1.165) is 12.1 Å². The molecule has 0 radical (unpaired) electrons. The minimum absolute atomic E-state index is 0.0956. The highest BCUT2D eigenvalue weighted by Gasteiger charge is 2.30. The molecular formula is C16H16ClF3N2O2. The first-order valence-electron chi connectivity index (χ1n) is 6.83. The molecule has 0 aromatic heterocycles. The van der Waals surface area contributed by atoms with Gasteiger partial charge in [0.15, 0.2) is 0 Å². The zero-order valence-electron chi connectivity index (χ0n) is 13.1. The van der Waals surface area contributed by atoms with E-state index in [1.807, 2.05) is 0 Å². The molecule has 0 aliphatic carbocycles. The van der Waals surface area contributed by atoms with E-state index in [1.165, 1.54) is 19.1 Å². The van der Waals surface area contributed by atoms with Gasteiger partial charge in [0.1, 0.15) is 10.9 Å². The van der Waals surface area contributed by atoms with Crippen LogP contribution >= 0.6 is 11.6 Å². The molecule has 4 nitrogen and oxygen atoms in total. The summed E-state index contributed by atoms with van der Waals surface area (Å²) in [7, 11) is 0. The van der Waals surface area contributed by atoms with Gasteiger partial charge in [0.2, 0.25) is 0 Å². The van der Waals surface area contributed by atoms with Crippen LogP contribution in [0.5, 0.6) is 0 Å². The highest BCUT2D eigenvalue weighted by Crippen LogP contribution is 2.29. The Morgan fingerprint density at radius 2 is 1.88 bits per heavy atom. The van der Waals surface area contributed by atoms with Gasteiger partial charge in [0.05, 0.1) is 12.2 Å². The van der Waals surface area contributed by atoms with Gasteiger partial charge in [-0.05, 0) is 31.5 Å². The van der Waals surface area contributed by atoms with Crippen molar-refractivity contribution in [2.75, 3.05) is 6.61 Å². The van der Waals surface area contributed by atoms with Crippen molar-refractivity contribution in [2.24, 2.45) is 0 Å². The van der Waals surface area contributed by atoms with Crippen molar-refractivity contribution in [2.45, 2.75) is 20.0 Å². The van der Waals surface area contributed by atoms with Crippen LogP contribution in [-0.4, -0.2) is 17.7 Å². The lowest BCUT2D eigenvalue weighted by molar-refractivity contribution is -0.139. The number of alkyl halides is 3. The molecular weight excluding hydrogens is 345 g/mol. The highest BCUT2D eigenvalue weighted by atomic mass is 35.5. The van der Waals surface area contributed by atoms with Gasteiger partial charge in [-0.2, -0.15) is 13.2 Å². The third-order valence-electron chi connectivity index (χ3n) is 3.02. The number of ether oxygens (including phenoxy) is 1. The Hall–Kier alpha value is -2.28. The summed E-state index contributed by atoms with van der Waals surface area (Å²) < 4.78 is 42.6. The largest absolute Gasteiger partial charge is 0.461 e. The summed E-state index contributed by atoms with van der Waals surface area (Å²) in [6, 6.07) is 4.27. The topological polar surface area (TPSA) is 62.2 Å². The summed E-state index contributed by atoms with van der Waals surface area (Å²) in [4.78, 5) is 12.0. The third-order valence-corrected chi connectivity index (χ3v) is 3.30. The van der Waals surface area contributed by atoms with Crippen LogP contribution in [0.1, 0.15) is 25.0 Å². The number of carbonyl (C=O) groups is 1. The number of carbonyl (C=O) groups excluding carboxylic acids is 1. The minimum Gasteiger partial charge on any atom is -0.461 e. The van der Waals surface area contributed by atoms with Crippen molar-refractivity contribution in [3.63, 3.8) is 0 Å². The van der Waals surface area contributed by atoms with E-state index >= 15 is 0 Å². The smallest absolute Gasteiger partial charge is 0.416 e. The number of rotatable bonds is 6. The van der Waals surface area contributed by atoms with Crippen molar-refractivity contribution in [1.82, 2.24) is 5.32 Å². The molecule has 0 saturated heterocycles. The Morgan fingerprint density at radius 1 is 1.33 bits per heavy atom. The summed E-state index contributed by atoms with van der Waals surface area (Å²) in [5, 5.41) is 9.70. The number of esters is 1. The van der Waals surface area contributed by atoms with Gasteiger partial charge in [-0.25, -0.2) is 4.79 Å². The van der Waals surface area contributed by atoms with Crippen LogP contribution in [0.15, 0.2) is 42.1 Å². The van der Waals surface area contributed by atoms with E-state index in [-0.39, 0.29) is 28.7 Å². The summed E-state index contributed by atoms with van der Waals surface area (Å²) in [5.74, 6) is -0.742. The average Bonchev–Trinajstić information content (AvgIpc) is 2.51. The van der Waals surface area contributed by atoms with Gasteiger partial charge in [-0.1, -0.05) is 30.3 Å². The lowest BCUT2D eigenvalue weighted by atomic mass is 10.1. The van der Waals surface area contributed by atoms with Crippen LogP contribution in [0.3, 0.4) is 0 Å². The van der Waals surface area contributed by atoms with Crippen LogP contribution in [-0.2, 0) is 15.7 Å². The molecule has 0 amide bonds. The minimum atomic E-state index is -4.44. The number of nitrogens with one attached hydrogen (secondary N) is 2. The normalized spacial score (nSPS) is 12.2. The van der Waals surface area contributed by atoms with Crippen molar-refractivity contribution < 1.29 is 22.7 Å². The van der Waals surface area contributed by atoms with Gasteiger partial charge < -0.3 is 10.1 Å². The molecule has 2 N–H and O–H groups in total. The number of halogens is 4. The molecule has 8 heteroatoms. The standard InChI is InChI=1S/C16H16ClF3N2O2/c1-4-24-15(23)13(9(2)14(17)21)22-10(3)11-5-7-12(8-6-11)16(18,19)20/h5-8,21-22H,3-4H2,1-2H3. The third kappa shape index (κ3) is 5.13. The quantitative estimate of drug-likeness (QED) is 0.451. The highest BCUT2D eigenvalue weighted by molar-refractivity contribution is 6.68. The molecule has 0 aliphatic heterocycles. The van der Waals surface area contributed by atoms with Crippen LogP contribution in [0.4, 0.5) is 13.2 Å². The molecule has 0 atom stereocenters.